The van der Waals surface area contributed by atoms with Gasteiger partial charge in [-0.05, 0) is 43.9 Å². The van der Waals surface area contributed by atoms with Gasteiger partial charge in [0.05, 0.1) is 5.56 Å². The molecule has 0 atom stereocenters. The molecule has 1 aliphatic heterocycles. The first-order valence-electron chi connectivity index (χ1n) is 10.2. The highest BCUT2D eigenvalue weighted by Gasteiger charge is 2.21. The fraction of sp³-hybridized carbons (Fsp3) is 0.409. The van der Waals surface area contributed by atoms with Crippen molar-refractivity contribution < 1.29 is 23.2 Å². The van der Waals surface area contributed by atoms with E-state index in [-0.39, 0.29) is 24.0 Å². The molecule has 0 saturated carbocycles. The monoisotopic (exact) mass is 426 g/mol. The molecule has 9 heteroatoms. The van der Waals surface area contributed by atoms with Crippen LogP contribution in [0.3, 0.4) is 0 Å². The third-order valence-electron chi connectivity index (χ3n) is 5.28. The van der Waals surface area contributed by atoms with Gasteiger partial charge in [-0.15, -0.1) is 10.2 Å². The van der Waals surface area contributed by atoms with E-state index in [1.54, 1.807) is 18.3 Å². The van der Waals surface area contributed by atoms with Crippen LogP contribution < -0.4 is 4.74 Å². The number of carbonyl (C=O) groups is 1. The molecule has 0 spiro atoms. The summed E-state index contributed by atoms with van der Waals surface area (Å²) in [5.41, 5.74) is 2.82. The predicted octanol–water partition coefficient (Wildman–Crippen LogP) is 3.88. The standard InChI is InChI=1S/C22H23FN4O4/c1-14-2-3-16(12-24-14)22-17(20(11-23)31-27-22)13-30-21-5-4-18(25-26-21)19(28)10-15-6-8-29-9-7-15/h2-5,12,15H,6-11,13H2,1H3. The third-order valence-corrected chi connectivity index (χ3v) is 5.28. The zero-order valence-corrected chi connectivity index (χ0v) is 17.2. The quantitative estimate of drug-likeness (QED) is 0.500. The van der Waals surface area contributed by atoms with Crippen molar-refractivity contribution in [2.75, 3.05) is 13.2 Å². The summed E-state index contributed by atoms with van der Waals surface area (Å²) in [5.74, 6) is 0.591. The minimum atomic E-state index is -0.809. The van der Waals surface area contributed by atoms with Crippen LogP contribution in [0.4, 0.5) is 4.39 Å². The number of halogens is 1. The van der Waals surface area contributed by atoms with E-state index in [9.17, 15) is 9.18 Å². The summed E-state index contributed by atoms with van der Waals surface area (Å²) < 4.78 is 29.5. The third kappa shape index (κ3) is 5.11. The van der Waals surface area contributed by atoms with Crippen LogP contribution in [-0.2, 0) is 18.0 Å². The highest BCUT2D eigenvalue weighted by molar-refractivity contribution is 5.94. The molecule has 0 radical (unpaired) electrons. The smallest absolute Gasteiger partial charge is 0.233 e. The lowest BCUT2D eigenvalue weighted by Gasteiger charge is -2.20. The van der Waals surface area contributed by atoms with Crippen LogP contribution in [0.2, 0.25) is 0 Å². The molecule has 0 unspecified atom stereocenters. The summed E-state index contributed by atoms with van der Waals surface area (Å²) in [6.45, 7) is 2.45. The van der Waals surface area contributed by atoms with Gasteiger partial charge in [-0.3, -0.25) is 9.78 Å². The molecule has 4 rings (SSSR count). The molecule has 0 amide bonds. The lowest BCUT2D eigenvalue weighted by molar-refractivity contribution is 0.0599. The molecule has 1 saturated heterocycles. The Kier molecular flexibility index (Phi) is 6.61. The highest BCUT2D eigenvalue weighted by Crippen LogP contribution is 2.27. The molecule has 0 aliphatic carbocycles. The summed E-state index contributed by atoms with van der Waals surface area (Å²) in [6.07, 6.45) is 3.85. The van der Waals surface area contributed by atoms with Gasteiger partial charge in [0.2, 0.25) is 5.88 Å². The van der Waals surface area contributed by atoms with Crippen molar-refractivity contribution in [1.29, 1.82) is 0 Å². The Morgan fingerprint density at radius 3 is 2.71 bits per heavy atom. The Bertz CT molecular complexity index is 1010. The minimum absolute atomic E-state index is 0.00396. The number of nitrogens with zero attached hydrogens (tertiary/aromatic N) is 4. The number of pyridine rings is 1. The van der Waals surface area contributed by atoms with Crippen LogP contribution in [0, 0.1) is 12.8 Å². The lowest BCUT2D eigenvalue weighted by Crippen LogP contribution is -2.19. The number of ether oxygens (including phenoxy) is 2. The van der Waals surface area contributed by atoms with Crippen LogP contribution >= 0.6 is 0 Å². The zero-order chi connectivity index (χ0) is 21.6. The van der Waals surface area contributed by atoms with Gasteiger partial charge in [0.1, 0.15) is 18.0 Å². The number of alkyl halides is 1. The van der Waals surface area contributed by atoms with Crippen molar-refractivity contribution in [2.24, 2.45) is 5.92 Å². The average molecular weight is 426 g/mol. The summed E-state index contributed by atoms with van der Waals surface area (Å²) in [7, 11) is 0. The molecule has 31 heavy (non-hydrogen) atoms. The Morgan fingerprint density at radius 2 is 2.03 bits per heavy atom. The van der Waals surface area contributed by atoms with Crippen LogP contribution in [0.1, 0.15) is 46.8 Å². The van der Waals surface area contributed by atoms with Gasteiger partial charge < -0.3 is 14.0 Å². The number of hydrogen-bond acceptors (Lipinski definition) is 8. The molecule has 0 aromatic carbocycles. The lowest BCUT2D eigenvalue weighted by atomic mass is 9.93. The second kappa shape index (κ2) is 9.74. The van der Waals surface area contributed by atoms with Gasteiger partial charge in [-0.25, -0.2) is 4.39 Å². The van der Waals surface area contributed by atoms with Gasteiger partial charge in [-0.1, -0.05) is 5.16 Å². The molecule has 0 N–H and O–H groups in total. The number of carbonyl (C=O) groups excluding carboxylic acids is 1. The molecule has 1 fully saturated rings. The van der Waals surface area contributed by atoms with Gasteiger partial charge in [0.15, 0.2) is 18.2 Å². The molecule has 8 nitrogen and oxygen atoms in total. The zero-order valence-electron chi connectivity index (χ0n) is 17.2. The van der Waals surface area contributed by atoms with E-state index in [0.717, 1.165) is 18.5 Å². The number of rotatable bonds is 8. The summed E-state index contributed by atoms with van der Waals surface area (Å²) in [4.78, 5) is 16.7. The maximum atomic E-state index is 13.4. The van der Waals surface area contributed by atoms with Crippen molar-refractivity contribution in [3.05, 3.63) is 53.2 Å². The van der Waals surface area contributed by atoms with E-state index in [0.29, 0.717) is 48.1 Å². The minimum Gasteiger partial charge on any atom is -0.471 e. The Hall–Kier alpha value is -3.20. The van der Waals surface area contributed by atoms with E-state index in [2.05, 4.69) is 20.3 Å². The molecule has 3 aromatic rings. The van der Waals surface area contributed by atoms with Crippen molar-refractivity contribution in [2.45, 2.75) is 39.5 Å². The molecule has 3 aromatic heterocycles. The summed E-state index contributed by atoms with van der Waals surface area (Å²) >= 11 is 0. The van der Waals surface area contributed by atoms with E-state index < -0.39 is 6.67 Å². The average Bonchev–Trinajstić information content (AvgIpc) is 3.22. The van der Waals surface area contributed by atoms with Crippen molar-refractivity contribution in [3.8, 4) is 17.1 Å². The Labute approximate surface area is 178 Å². The maximum absolute atomic E-state index is 13.4. The number of aromatic nitrogens is 4. The first-order chi connectivity index (χ1) is 15.1. The van der Waals surface area contributed by atoms with Gasteiger partial charge >= 0.3 is 0 Å². The normalized spacial score (nSPS) is 14.5. The van der Waals surface area contributed by atoms with Crippen LogP contribution in [0.25, 0.3) is 11.3 Å². The largest absolute Gasteiger partial charge is 0.471 e. The van der Waals surface area contributed by atoms with Crippen molar-refractivity contribution >= 4 is 5.78 Å². The van der Waals surface area contributed by atoms with E-state index >= 15 is 0 Å². The number of aryl methyl sites for hydroxylation is 1. The number of hydrogen-bond donors (Lipinski definition) is 0. The summed E-state index contributed by atoms with van der Waals surface area (Å²) in [6, 6.07) is 6.86. The fourth-order valence-electron chi connectivity index (χ4n) is 3.44. The maximum Gasteiger partial charge on any atom is 0.233 e. The molecule has 162 valence electrons. The number of Topliss-reactive ketones (excluding diaryl/α,β-unsaturated/α-hetero) is 1. The Morgan fingerprint density at radius 1 is 1.19 bits per heavy atom. The highest BCUT2D eigenvalue weighted by atomic mass is 19.1. The van der Waals surface area contributed by atoms with E-state index in [1.165, 1.54) is 0 Å². The van der Waals surface area contributed by atoms with E-state index in [4.69, 9.17) is 14.0 Å². The van der Waals surface area contributed by atoms with Crippen LogP contribution in [0.15, 0.2) is 35.0 Å². The second-order valence-corrected chi connectivity index (χ2v) is 7.48. The van der Waals surface area contributed by atoms with E-state index in [1.807, 2.05) is 19.1 Å². The summed E-state index contributed by atoms with van der Waals surface area (Å²) in [5, 5.41) is 12.0. The fourth-order valence-corrected chi connectivity index (χ4v) is 3.44. The van der Waals surface area contributed by atoms with Crippen molar-refractivity contribution in [1.82, 2.24) is 20.3 Å². The predicted molar refractivity (Wildman–Crippen MR) is 108 cm³/mol. The first-order valence-corrected chi connectivity index (χ1v) is 10.2. The molecule has 4 heterocycles. The molecule has 0 bridgehead atoms. The number of ketones is 1. The van der Waals surface area contributed by atoms with Gasteiger partial charge in [0, 0.05) is 43.2 Å². The molecule has 1 aliphatic rings. The topological polar surface area (TPSA) is 100 Å². The second-order valence-electron chi connectivity index (χ2n) is 7.48. The van der Waals surface area contributed by atoms with Crippen LogP contribution in [0.5, 0.6) is 5.88 Å². The van der Waals surface area contributed by atoms with Crippen molar-refractivity contribution in [3.63, 3.8) is 0 Å². The molecular weight excluding hydrogens is 403 g/mol. The van der Waals surface area contributed by atoms with Gasteiger partial charge in [-0.2, -0.15) is 0 Å². The van der Waals surface area contributed by atoms with Crippen LogP contribution in [-0.4, -0.2) is 39.3 Å². The Balaban J connectivity index is 1.42. The molecular formula is C22H23FN4O4. The first kappa shape index (κ1) is 21.0. The SMILES string of the molecule is Cc1ccc(-c2noc(CF)c2COc2ccc(C(=O)CC3CCOCC3)nn2)cn1. The van der Waals surface area contributed by atoms with Gasteiger partial charge in [0.25, 0.3) is 0 Å².